The molecule has 0 aromatic carbocycles. The number of fused-ring (bicyclic) bond motifs is 1. The monoisotopic (exact) mass is 227 g/mol. The van der Waals surface area contributed by atoms with Gasteiger partial charge in [0.25, 0.3) is 0 Å². The van der Waals surface area contributed by atoms with E-state index in [4.69, 9.17) is 0 Å². The summed E-state index contributed by atoms with van der Waals surface area (Å²) in [6.07, 6.45) is 8.64. The van der Waals surface area contributed by atoms with Crippen molar-refractivity contribution in [3.05, 3.63) is 0 Å². The number of rotatable bonds is 2. The van der Waals surface area contributed by atoms with Crippen LogP contribution in [0.2, 0.25) is 0 Å². The molecule has 0 bridgehead atoms. The molecule has 0 aliphatic heterocycles. The van der Waals surface area contributed by atoms with E-state index in [9.17, 15) is 4.55 Å². The third-order valence-electron chi connectivity index (χ3n) is 3.65. The Morgan fingerprint density at radius 3 is 2.73 bits per heavy atom. The van der Waals surface area contributed by atoms with Crippen molar-refractivity contribution in [1.82, 2.24) is 0 Å². The lowest BCUT2D eigenvalue weighted by Gasteiger charge is -2.20. The lowest BCUT2D eigenvalue weighted by atomic mass is 9.90. The zero-order chi connectivity index (χ0) is 11.1. The molecule has 2 aliphatic rings. The second kappa shape index (κ2) is 3.77. The number of hydrogen-bond donors (Lipinski definition) is 0. The molecule has 0 aromatic rings. The van der Waals surface area contributed by atoms with Gasteiger partial charge in [0.15, 0.2) is 0 Å². The Balaban J connectivity index is 1.95. The van der Waals surface area contributed by atoms with Crippen molar-refractivity contribution < 1.29 is 4.55 Å². The standard InChI is InChI=1S/C12H21NOS/c1-11(2,3)15(14)13-9-12-7-5-4-6-10(12)8-12/h9-10H,4-8H2,1-3H3. The van der Waals surface area contributed by atoms with Crippen LogP contribution in [-0.4, -0.2) is 15.5 Å². The predicted molar refractivity (Wildman–Crippen MR) is 65.4 cm³/mol. The van der Waals surface area contributed by atoms with Crippen molar-refractivity contribution in [2.75, 3.05) is 0 Å². The highest BCUT2D eigenvalue weighted by atomic mass is 32.2. The highest BCUT2D eigenvalue weighted by Gasteiger charge is 2.54. The Hall–Kier alpha value is -0.0200. The van der Waals surface area contributed by atoms with Crippen LogP contribution >= 0.6 is 0 Å². The van der Waals surface area contributed by atoms with Crippen molar-refractivity contribution in [2.45, 2.75) is 57.6 Å². The van der Waals surface area contributed by atoms with E-state index in [0.29, 0.717) is 5.41 Å². The second-order valence-electron chi connectivity index (χ2n) is 5.98. The van der Waals surface area contributed by atoms with E-state index in [1.54, 1.807) is 0 Å². The molecule has 2 saturated carbocycles. The Bertz CT molecular complexity index is 271. The summed E-state index contributed by atoms with van der Waals surface area (Å²) in [6.45, 7) is 5.93. The normalized spacial score (nSPS) is 37.7. The quantitative estimate of drug-likeness (QED) is 0.527. The fraction of sp³-hybridized carbons (Fsp3) is 0.917. The van der Waals surface area contributed by atoms with Crippen LogP contribution in [0.3, 0.4) is 0 Å². The van der Waals surface area contributed by atoms with Crippen LogP contribution in [0.15, 0.2) is 4.40 Å². The van der Waals surface area contributed by atoms with Crippen LogP contribution < -0.4 is 0 Å². The Morgan fingerprint density at radius 2 is 2.13 bits per heavy atom. The van der Waals surface area contributed by atoms with E-state index >= 15 is 0 Å². The van der Waals surface area contributed by atoms with Gasteiger partial charge in [-0.05, 0) is 46.0 Å². The van der Waals surface area contributed by atoms with E-state index in [-0.39, 0.29) is 4.75 Å². The Labute approximate surface area is 95.9 Å². The Kier molecular flexibility index (Phi) is 2.89. The minimum absolute atomic E-state index is 0.216. The van der Waals surface area contributed by atoms with Crippen molar-refractivity contribution >= 4 is 17.6 Å². The van der Waals surface area contributed by atoms with Gasteiger partial charge in [-0.3, -0.25) is 0 Å². The van der Waals surface area contributed by atoms with Crippen LogP contribution in [0.1, 0.15) is 52.9 Å². The minimum atomic E-state index is -1.07. The molecule has 2 nitrogen and oxygen atoms in total. The van der Waals surface area contributed by atoms with Gasteiger partial charge >= 0.3 is 0 Å². The first kappa shape index (κ1) is 11.5. The molecule has 2 aliphatic carbocycles. The molecule has 0 amide bonds. The summed E-state index contributed by atoms with van der Waals surface area (Å²) < 4.78 is 15.8. The fourth-order valence-electron chi connectivity index (χ4n) is 2.47. The molecule has 86 valence electrons. The van der Waals surface area contributed by atoms with Gasteiger partial charge in [-0.2, -0.15) is 0 Å². The molecule has 0 N–H and O–H groups in total. The maximum absolute atomic E-state index is 11.8. The van der Waals surface area contributed by atoms with E-state index in [2.05, 4.69) is 4.40 Å². The maximum atomic E-state index is 11.8. The molecule has 0 saturated heterocycles. The summed E-state index contributed by atoms with van der Waals surface area (Å²) in [4.78, 5) is 0. The first-order chi connectivity index (χ1) is 6.94. The van der Waals surface area contributed by atoms with E-state index < -0.39 is 11.4 Å². The van der Waals surface area contributed by atoms with Gasteiger partial charge in [0.05, 0.1) is 6.21 Å². The van der Waals surface area contributed by atoms with Crippen LogP contribution in [0.5, 0.6) is 0 Å². The van der Waals surface area contributed by atoms with Crippen molar-refractivity contribution in [3.8, 4) is 0 Å². The van der Waals surface area contributed by atoms with Crippen molar-refractivity contribution in [3.63, 3.8) is 0 Å². The fourth-order valence-corrected chi connectivity index (χ4v) is 3.10. The summed E-state index contributed by atoms with van der Waals surface area (Å²) in [7, 11) is 0. The van der Waals surface area contributed by atoms with E-state index in [1.807, 2.05) is 27.0 Å². The molecule has 0 aromatic heterocycles. The first-order valence-corrected chi connectivity index (χ1v) is 7.02. The Morgan fingerprint density at radius 1 is 1.40 bits per heavy atom. The molecule has 3 unspecified atom stereocenters. The summed E-state index contributed by atoms with van der Waals surface area (Å²) in [5, 5.41) is 0. The lowest BCUT2D eigenvalue weighted by molar-refractivity contribution is 0.431. The van der Waals surface area contributed by atoms with Gasteiger partial charge in [0.2, 0.25) is 0 Å². The van der Waals surface area contributed by atoms with Crippen molar-refractivity contribution in [1.29, 1.82) is 0 Å². The SMILES string of the molecule is CC(C)(C)[S+]([O-])N=CC12CCCCC1C2. The zero-order valence-electron chi connectivity index (χ0n) is 9.95. The highest BCUT2D eigenvalue weighted by molar-refractivity contribution is 7.91. The molecule has 0 spiro atoms. The molecular formula is C12H21NOS. The van der Waals surface area contributed by atoms with Gasteiger partial charge in [-0.25, -0.2) is 0 Å². The molecular weight excluding hydrogens is 206 g/mol. The average Bonchev–Trinajstić information content (AvgIpc) is 2.87. The molecule has 2 rings (SSSR count). The van der Waals surface area contributed by atoms with E-state index in [0.717, 1.165) is 5.92 Å². The molecule has 15 heavy (non-hydrogen) atoms. The van der Waals surface area contributed by atoms with Gasteiger partial charge in [0.1, 0.15) is 16.1 Å². The van der Waals surface area contributed by atoms with E-state index in [1.165, 1.54) is 32.1 Å². The summed E-state index contributed by atoms with van der Waals surface area (Å²) in [5.74, 6) is 0.854. The minimum Gasteiger partial charge on any atom is -0.591 e. The first-order valence-electron chi connectivity index (χ1n) is 5.91. The topological polar surface area (TPSA) is 35.4 Å². The highest BCUT2D eigenvalue weighted by Crippen LogP contribution is 2.60. The molecule has 3 heteroatoms. The third kappa shape index (κ3) is 2.39. The van der Waals surface area contributed by atoms with Crippen LogP contribution in [0.25, 0.3) is 0 Å². The summed E-state index contributed by atoms with van der Waals surface area (Å²) >= 11 is -1.07. The number of nitrogens with zero attached hydrogens (tertiary/aromatic N) is 1. The molecule has 3 atom stereocenters. The summed E-state index contributed by atoms with van der Waals surface area (Å²) in [5.41, 5.74) is 0.360. The predicted octanol–water partition coefficient (Wildman–Crippen LogP) is 3.10. The van der Waals surface area contributed by atoms with Crippen LogP contribution in [-0.2, 0) is 11.4 Å². The number of hydrogen-bond acceptors (Lipinski definition) is 2. The van der Waals surface area contributed by atoms with Gasteiger partial charge in [-0.15, -0.1) is 0 Å². The smallest absolute Gasteiger partial charge is 0.144 e. The van der Waals surface area contributed by atoms with Gasteiger partial charge < -0.3 is 4.55 Å². The largest absolute Gasteiger partial charge is 0.591 e. The second-order valence-corrected chi connectivity index (χ2v) is 7.91. The summed E-state index contributed by atoms with van der Waals surface area (Å²) in [6, 6.07) is 0. The molecule has 0 radical (unpaired) electrons. The maximum Gasteiger partial charge on any atom is 0.144 e. The molecule has 0 heterocycles. The van der Waals surface area contributed by atoms with Crippen molar-refractivity contribution in [2.24, 2.45) is 15.7 Å². The lowest BCUT2D eigenvalue weighted by Crippen LogP contribution is -2.26. The third-order valence-corrected chi connectivity index (χ3v) is 5.00. The average molecular weight is 227 g/mol. The van der Waals surface area contributed by atoms with Gasteiger partial charge in [0, 0.05) is 5.41 Å². The van der Waals surface area contributed by atoms with Crippen LogP contribution in [0.4, 0.5) is 0 Å². The molecule has 2 fully saturated rings. The van der Waals surface area contributed by atoms with Crippen LogP contribution in [0, 0.1) is 11.3 Å². The van der Waals surface area contributed by atoms with Gasteiger partial charge in [-0.1, -0.05) is 17.2 Å². The zero-order valence-corrected chi connectivity index (χ0v) is 10.8.